The maximum Gasteiger partial charge on any atom is 0.410 e. The third-order valence-corrected chi connectivity index (χ3v) is 4.02. The molecule has 0 saturated carbocycles. The second-order valence-electron chi connectivity index (χ2n) is 6.39. The van der Waals surface area contributed by atoms with Crippen LogP contribution in [-0.4, -0.2) is 35.9 Å². The highest BCUT2D eigenvalue weighted by Gasteiger charge is 2.34. The zero-order chi connectivity index (χ0) is 15.6. The summed E-state index contributed by atoms with van der Waals surface area (Å²) in [4.78, 5) is 13.4. The van der Waals surface area contributed by atoms with Crippen molar-refractivity contribution in [3.05, 3.63) is 34.3 Å². The number of ether oxygens (including phenoxy) is 1. The normalized spacial score (nSPS) is 23.0. The third kappa shape index (κ3) is 4.43. The van der Waals surface area contributed by atoms with E-state index in [0.29, 0.717) is 13.0 Å². The summed E-state index contributed by atoms with van der Waals surface area (Å²) in [6, 6.07) is 7.71. The minimum atomic E-state index is -1.06. The number of hydrogen-bond donors (Lipinski definition) is 0. The standard InChI is InChI=1S/C16H21BrFNO2/c1-16(2,3)21-15(20)19-9-8-13(14(18)10-19)11-4-6-12(17)7-5-11/h4-7,13-14H,8-10H2,1-3H3/t13-,14-/m1/s1. The summed E-state index contributed by atoms with van der Waals surface area (Å²) in [6.45, 7) is 6.05. The fraction of sp³-hybridized carbons (Fsp3) is 0.562. The lowest BCUT2D eigenvalue weighted by Gasteiger charge is -2.35. The molecule has 1 aliphatic heterocycles. The average Bonchev–Trinajstić information content (AvgIpc) is 2.38. The van der Waals surface area contributed by atoms with Gasteiger partial charge in [0.15, 0.2) is 0 Å². The first-order chi connectivity index (χ1) is 9.76. The Morgan fingerprint density at radius 3 is 2.48 bits per heavy atom. The van der Waals surface area contributed by atoms with Gasteiger partial charge >= 0.3 is 6.09 Å². The van der Waals surface area contributed by atoms with Crippen LogP contribution in [0.5, 0.6) is 0 Å². The van der Waals surface area contributed by atoms with E-state index in [1.807, 2.05) is 45.0 Å². The fourth-order valence-electron chi connectivity index (χ4n) is 2.48. The molecule has 1 fully saturated rings. The van der Waals surface area contributed by atoms with Crippen LogP contribution in [0, 0.1) is 0 Å². The molecular weight excluding hydrogens is 337 g/mol. The number of carbonyl (C=O) groups excluding carboxylic acids is 1. The molecule has 21 heavy (non-hydrogen) atoms. The zero-order valence-corrected chi connectivity index (χ0v) is 14.2. The van der Waals surface area contributed by atoms with Crippen molar-refractivity contribution in [1.82, 2.24) is 4.90 Å². The molecule has 0 unspecified atom stereocenters. The Balaban J connectivity index is 1.99. The van der Waals surface area contributed by atoms with Crippen molar-refractivity contribution in [3.8, 4) is 0 Å². The molecule has 1 aromatic carbocycles. The Kier molecular flexibility index (Phi) is 4.91. The van der Waals surface area contributed by atoms with Gasteiger partial charge in [0.1, 0.15) is 11.8 Å². The number of rotatable bonds is 1. The summed E-state index contributed by atoms with van der Waals surface area (Å²) in [7, 11) is 0. The van der Waals surface area contributed by atoms with E-state index in [0.717, 1.165) is 10.0 Å². The van der Waals surface area contributed by atoms with Gasteiger partial charge in [0.05, 0.1) is 6.54 Å². The molecule has 0 N–H and O–H groups in total. The van der Waals surface area contributed by atoms with Gasteiger partial charge in [-0.15, -0.1) is 0 Å². The molecular formula is C16H21BrFNO2. The van der Waals surface area contributed by atoms with Crippen molar-refractivity contribution in [2.24, 2.45) is 0 Å². The molecule has 3 nitrogen and oxygen atoms in total. The Labute approximate surface area is 133 Å². The topological polar surface area (TPSA) is 29.5 Å². The van der Waals surface area contributed by atoms with Gasteiger partial charge in [-0.3, -0.25) is 0 Å². The SMILES string of the molecule is CC(C)(C)OC(=O)N1CC[C@H](c2ccc(Br)cc2)[C@H](F)C1. The van der Waals surface area contributed by atoms with Crippen molar-refractivity contribution >= 4 is 22.0 Å². The number of hydrogen-bond acceptors (Lipinski definition) is 2. The molecule has 0 aromatic heterocycles. The Morgan fingerprint density at radius 2 is 1.95 bits per heavy atom. The number of amides is 1. The summed E-state index contributed by atoms with van der Waals surface area (Å²) in [5.74, 6) is -0.156. The molecule has 1 saturated heterocycles. The van der Waals surface area contributed by atoms with Crippen molar-refractivity contribution < 1.29 is 13.9 Å². The van der Waals surface area contributed by atoms with Crippen LogP contribution in [0.1, 0.15) is 38.7 Å². The first-order valence-electron chi connectivity index (χ1n) is 7.14. The Hall–Kier alpha value is -1.10. The van der Waals surface area contributed by atoms with Gasteiger partial charge < -0.3 is 9.64 Å². The van der Waals surface area contributed by atoms with E-state index >= 15 is 0 Å². The summed E-state index contributed by atoms with van der Waals surface area (Å²) < 4.78 is 20.7. The monoisotopic (exact) mass is 357 g/mol. The fourth-order valence-corrected chi connectivity index (χ4v) is 2.75. The van der Waals surface area contributed by atoms with E-state index in [1.165, 1.54) is 4.90 Å². The summed E-state index contributed by atoms with van der Waals surface area (Å²) in [6.07, 6.45) is -0.881. The van der Waals surface area contributed by atoms with E-state index in [9.17, 15) is 9.18 Å². The van der Waals surface area contributed by atoms with Gasteiger partial charge in [-0.2, -0.15) is 0 Å². The quantitative estimate of drug-likeness (QED) is 0.739. The second kappa shape index (κ2) is 6.34. The molecule has 1 heterocycles. The first-order valence-corrected chi connectivity index (χ1v) is 7.93. The molecule has 1 aromatic rings. The van der Waals surface area contributed by atoms with Gasteiger partial charge in [-0.1, -0.05) is 28.1 Å². The highest BCUT2D eigenvalue weighted by atomic mass is 79.9. The maximum atomic E-state index is 14.4. The van der Waals surface area contributed by atoms with Gasteiger partial charge in [-0.25, -0.2) is 9.18 Å². The largest absolute Gasteiger partial charge is 0.444 e. The molecule has 0 spiro atoms. The van der Waals surface area contributed by atoms with Crippen molar-refractivity contribution in [3.63, 3.8) is 0 Å². The van der Waals surface area contributed by atoms with E-state index in [1.54, 1.807) is 0 Å². The van der Waals surface area contributed by atoms with Gasteiger partial charge in [0.25, 0.3) is 0 Å². The summed E-state index contributed by atoms with van der Waals surface area (Å²) >= 11 is 3.38. The number of nitrogens with zero attached hydrogens (tertiary/aromatic N) is 1. The summed E-state index contributed by atoms with van der Waals surface area (Å²) in [5.41, 5.74) is 0.431. The zero-order valence-electron chi connectivity index (χ0n) is 12.6. The van der Waals surface area contributed by atoms with Crippen LogP contribution in [0.15, 0.2) is 28.7 Å². The number of piperidine rings is 1. The van der Waals surface area contributed by atoms with E-state index in [-0.39, 0.29) is 12.5 Å². The molecule has 5 heteroatoms. The first kappa shape index (κ1) is 16.3. The highest BCUT2D eigenvalue weighted by molar-refractivity contribution is 9.10. The minimum Gasteiger partial charge on any atom is -0.444 e. The molecule has 1 aliphatic rings. The van der Waals surface area contributed by atoms with Crippen LogP contribution < -0.4 is 0 Å². The lowest BCUT2D eigenvalue weighted by atomic mass is 9.88. The minimum absolute atomic E-state index is 0.0929. The molecule has 0 aliphatic carbocycles. The molecule has 0 radical (unpaired) electrons. The Bertz CT molecular complexity index is 498. The third-order valence-electron chi connectivity index (χ3n) is 3.49. The second-order valence-corrected chi connectivity index (χ2v) is 7.30. The van der Waals surface area contributed by atoms with Gasteiger partial charge in [0.2, 0.25) is 0 Å². The van der Waals surface area contributed by atoms with Gasteiger partial charge in [-0.05, 0) is 44.9 Å². The van der Waals surface area contributed by atoms with Crippen LogP contribution >= 0.6 is 15.9 Å². The molecule has 2 atom stereocenters. The Morgan fingerprint density at radius 1 is 1.33 bits per heavy atom. The van der Waals surface area contributed by atoms with Crippen molar-refractivity contribution in [2.45, 2.75) is 44.9 Å². The number of halogens is 2. The predicted molar refractivity (Wildman–Crippen MR) is 84.2 cm³/mol. The van der Waals surface area contributed by atoms with E-state index in [4.69, 9.17) is 4.74 Å². The van der Waals surface area contributed by atoms with E-state index < -0.39 is 17.9 Å². The smallest absolute Gasteiger partial charge is 0.410 e. The van der Waals surface area contributed by atoms with Crippen molar-refractivity contribution in [2.75, 3.05) is 13.1 Å². The van der Waals surface area contributed by atoms with Crippen LogP contribution in [0.2, 0.25) is 0 Å². The molecule has 1 amide bonds. The number of likely N-dealkylation sites (tertiary alicyclic amines) is 1. The van der Waals surface area contributed by atoms with Crippen molar-refractivity contribution in [1.29, 1.82) is 0 Å². The molecule has 116 valence electrons. The lowest BCUT2D eigenvalue weighted by molar-refractivity contribution is 0.0111. The van der Waals surface area contributed by atoms with Crippen LogP contribution in [-0.2, 0) is 4.74 Å². The number of carbonyl (C=O) groups is 1. The number of benzene rings is 1. The average molecular weight is 358 g/mol. The summed E-state index contributed by atoms with van der Waals surface area (Å²) in [5, 5.41) is 0. The maximum absolute atomic E-state index is 14.4. The van der Waals surface area contributed by atoms with Crippen LogP contribution in [0.3, 0.4) is 0 Å². The highest BCUT2D eigenvalue weighted by Crippen LogP contribution is 2.31. The number of alkyl halides is 1. The van der Waals surface area contributed by atoms with Crippen LogP contribution in [0.4, 0.5) is 9.18 Å². The molecule has 0 bridgehead atoms. The molecule has 2 rings (SSSR count). The van der Waals surface area contributed by atoms with E-state index in [2.05, 4.69) is 15.9 Å². The van der Waals surface area contributed by atoms with Gasteiger partial charge in [0, 0.05) is 16.9 Å². The van der Waals surface area contributed by atoms with Crippen LogP contribution in [0.25, 0.3) is 0 Å². The predicted octanol–water partition coefficient (Wildman–Crippen LogP) is 4.51. The lowest BCUT2D eigenvalue weighted by Crippen LogP contribution is -2.46.